The first-order chi connectivity index (χ1) is 6.40. The molecule has 1 aliphatic rings. The van der Waals surface area contributed by atoms with Gasteiger partial charge in [0.1, 0.15) is 0 Å². The second-order valence-corrected chi connectivity index (χ2v) is 4.43. The molecule has 1 atom stereocenters. The van der Waals surface area contributed by atoms with E-state index in [-0.39, 0.29) is 0 Å². The molecular formula is C9H15N3S. The molecular weight excluding hydrogens is 182 g/mol. The summed E-state index contributed by atoms with van der Waals surface area (Å²) in [5.41, 5.74) is 0. The van der Waals surface area contributed by atoms with Gasteiger partial charge in [-0.25, -0.2) is 0 Å². The number of hydrogen-bond donors (Lipinski definition) is 1. The average molecular weight is 197 g/mol. The van der Waals surface area contributed by atoms with Crippen LogP contribution < -0.4 is 5.32 Å². The van der Waals surface area contributed by atoms with Crippen LogP contribution in [0.4, 0.5) is 0 Å². The van der Waals surface area contributed by atoms with Crippen molar-refractivity contribution in [3.8, 4) is 0 Å². The van der Waals surface area contributed by atoms with E-state index in [1.807, 2.05) is 6.20 Å². The Balaban J connectivity index is 1.95. The molecule has 3 nitrogen and oxygen atoms in total. The van der Waals surface area contributed by atoms with Gasteiger partial charge in [-0.1, -0.05) is 24.3 Å². The van der Waals surface area contributed by atoms with Gasteiger partial charge in [0.2, 0.25) is 0 Å². The smallest absolute Gasteiger partial charge is 0.0669 e. The van der Waals surface area contributed by atoms with E-state index >= 15 is 0 Å². The lowest BCUT2D eigenvalue weighted by Gasteiger charge is -2.14. The van der Waals surface area contributed by atoms with Crippen LogP contribution in [0, 0.1) is 5.92 Å². The summed E-state index contributed by atoms with van der Waals surface area (Å²) >= 11 is 1.52. The van der Waals surface area contributed by atoms with Gasteiger partial charge < -0.3 is 5.32 Å². The van der Waals surface area contributed by atoms with Gasteiger partial charge in [0.15, 0.2) is 0 Å². The SMILES string of the molecule is CCNC(CC1CC1)c1cnns1. The summed E-state index contributed by atoms with van der Waals surface area (Å²) in [4.78, 5) is 1.29. The van der Waals surface area contributed by atoms with Crippen LogP contribution in [0.1, 0.15) is 37.1 Å². The fourth-order valence-corrected chi connectivity index (χ4v) is 2.15. The number of hydrogen-bond acceptors (Lipinski definition) is 4. The van der Waals surface area contributed by atoms with Crippen molar-refractivity contribution in [1.82, 2.24) is 14.9 Å². The van der Waals surface area contributed by atoms with Crippen LogP contribution in [0.25, 0.3) is 0 Å². The van der Waals surface area contributed by atoms with Crippen molar-refractivity contribution in [3.05, 3.63) is 11.1 Å². The molecule has 0 spiro atoms. The summed E-state index contributed by atoms with van der Waals surface area (Å²) in [5.74, 6) is 0.950. The molecule has 1 N–H and O–H groups in total. The number of nitrogens with zero attached hydrogens (tertiary/aromatic N) is 2. The quantitative estimate of drug-likeness (QED) is 0.784. The van der Waals surface area contributed by atoms with Crippen molar-refractivity contribution >= 4 is 11.5 Å². The molecule has 72 valence electrons. The molecule has 0 saturated heterocycles. The Morgan fingerprint density at radius 2 is 2.54 bits per heavy atom. The van der Waals surface area contributed by atoms with Crippen molar-refractivity contribution < 1.29 is 0 Å². The van der Waals surface area contributed by atoms with Gasteiger partial charge in [0.25, 0.3) is 0 Å². The summed E-state index contributed by atoms with van der Waals surface area (Å²) < 4.78 is 3.90. The molecule has 1 saturated carbocycles. The average Bonchev–Trinajstić information content (AvgIpc) is 2.80. The second kappa shape index (κ2) is 4.15. The third kappa shape index (κ3) is 2.48. The molecule has 0 amide bonds. The third-order valence-corrected chi connectivity index (χ3v) is 3.21. The molecule has 0 aromatic carbocycles. The highest BCUT2D eigenvalue weighted by Gasteiger charge is 2.26. The Labute approximate surface area is 82.7 Å². The van der Waals surface area contributed by atoms with Gasteiger partial charge in [0, 0.05) is 6.04 Å². The Bertz CT molecular complexity index is 243. The molecule has 0 radical (unpaired) electrons. The Hall–Kier alpha value is -0.480. The van der Waals surface area contributed by atoms with Crippen LogP contribution in [-0.2, 0) is 0 Å². The monoisotopic (exact) mass is 197 g/mol. The summed E-state index contributed by atoms with van der Waals surface area (Å²) in [7, 11) is 0. The summed E-state index contributed by atoms with van der Waals surface area (Å²) in [5, 5.41) is 7.37. The molecule has 1 heterocycles. The van der Waals surface area contributed by atoms with E-state index < -0.39 is 0 Å². The van der Waals surface area contributed by atoms with Crippen LogP contribution in [0.5, 0.6) is 0 Å². The zero-order valence-corrected chi connectivity index (χ0v) is 8.68. The third-order valence-electron chi connectivity index (χ3n) is 2.44. The van der Waals surface area contributed by atoms with Gasteiger partial charge in [-0.2, -0.15) is 0 Å². The number of rotatable bonds is 5. The molecule has 1 aliphatic carbocycles. The maximum Gasteiger partial charge on any atom is 0.0669 e. The minimum absolute atomic E-state index is 0.498. The van der Waals surface area contributed by atoms with Gasteiger partial charge in [-0.05, 0) is 30.4 Å². The molecule has 1 fully saturated rings. The lowest BCUT2D eigenvalue weighted by atomic mass is 10.1. The van der Waals surface area contributed by atoms with E-state index in [4.69, 9.17) is 0 Å². The van der Waals surface area contributed by atoms with E-state index in [2.05, 4.69) is 21.8 Å². The van der Waals surface area contributed by atoms with Gasteiger partial charge in [0.05, 0.1) is 11.1 Å². The van der Waals surface area contributed by atoms with Crippen molar-refractivity contribution in [3.63, 3.8) is 0 Å². The molecule has 1 aromatic rings. The Kier molecular flexibility index (Phi) is 2.90. The van der Waals surface area contributed by atoms with Crippen molar-refractivity contribution in [1.29, 1.82) is 0 Å². The zero-order chi connectivity index (χ0) is 9.10. The highest BCUT2D eigenvalue weighted by molar-refractivity contribution is 7.05. The topological polar surface area (TPSA) is 37.8 Å². The van der Waals surface area contributed by atoms with Gasteiger partial charge >= 0.3 is 0 Å². The maximum atomic E-state index is 3.90. The van der Waals surface area contributed by atoms with E-state index in [9.17, 15) is 0 Å². The van der Waals surface area contributed by atoms with Crippen molar-refractivity contribution in [2.75, 3.05) is 6.54 Å². The lowest BCUT2D eigenvalue weighted by molar-refractivity contribution is 0.493. The van der Waals surface area contributed by atoms with Crippen molar-refractivity contribution in [2.45, 2.75) is 32.2 Å². The summed E-state index contributed by atoms with van der Waals surface area (Å²) in [6.45, 7) is 3.17. The van der Waals surface area contributed by atoms with Gasteiger partial charge in [-0.15, -0.1) is 5.10 Å². The lowest BCUT2D eigenvalue weighted by Crippen LogP contribution is -2.20. The second-order valence-electron chi connectivity index (χ2n) is 3.61. The Morgan fingerprint density at radius 1 is 1.69 bits per heavy atom. The minimum atomic E-state index is 0.498. The summed E-state index contributed by atoms with van der Waals surface area (Å²) in [6, 6.07) is 0.498. The van der Waals surface area contributed by atoms with Crippen LogP contribution in [0.15, 0.2) is 6.20 Å². The maximum absolute atomic E-state index is 3.90. The predicted octanol–water partition coefficient (Wildman–Crippen LogP) is 1.99. The first kappa shape index (κ1) is 9.09. The van der Waals surface area contributed by atoms with Gasteiger partial charge in [-0.3, -0.25) is 0 Å². The molecule has 4 heteroatoms. The molecule has 2 rings (SSSR count). The molecule has 1 aromatic heterocycles. The fourth-order valence-electron chi connectivity index (χ4n) is 1.56. The van der Waals surface area contributed by atoms with Crippen LogP contribution in [-0.4, -0.2) is 16.1 Å². The summed E-state index contributed by atoms with van der Waals surface area (Å²) in [6.07, 6.45) is 5.97. The molecule has 0 bridgehead atoms. The van der Waals surface area contributed by atoms with Crippen molar-refractivity contribution in [2.24, 2.45) is 5.92 Å². The number of aromatic nitrogens is 2. The zero-order valence-electron chi connectivity index (χ0n) is 7.86. The highest BCUT2D eigenvalue weighted by atomic mass is 32.1. The van der Waals surface area contributed by atoms with E-state index in [1.165, 1.54) is 35.7 Å². The minimum Gasteiger partial charge on any atom is -0.309 e. The highest BCUT2D eigenvalue weighted by Crippen LogP contribution is 2.37. The normalized spacial score (nSPS) is 18.8. The largest absolute Gasteiger partial charge is 0.309 e. The first-order valence-electron chi connectivity index (χ1n) is 4.90. The standard InChI is InChI=1S/C9H15N3S/c1-2-10-8(5-7-3-4-7)9-6-11-12-13-9/h6-8,10H,2-5H2,1H3. The number of nitrogens with one attached hydrogen (secondary N) is 1. The molecule has 13 heavy (non-hydrogen) atoms. The fraction of sp³-hybridized carbons (Fsp3) is 0.778. The van der Waals surface area contributed by atoms with Crippen LogP contribution in [0.2, 0.25) is 0 Å². The first-order valence-corrected chi connectivity index (χ1v) is 5.68. The molecule has 0 aliphatic heterocycles. The van der Waals surface area contributed by atoms with E-state index in [0.29, 0.717) is 6.04 Å². The van der Waals surface area contributed by atoms with Crippen LogP contribution in [0.3, 0.4) is 0 Å². The molecule has 1 unspecified atom stereocenters. The van der Waals surface area contributed by atoms with E-state index in [1.54, 1.807) is 0 Å². The van der Waals surface area contributed by atoms with Crippen LogP contribution >= 0.6 is 11.5 Å². The van der Waals surface area contributed by atoms with E-state index in [0.717, 1.165) is 12.5 Å². The predicted molar refractivity (Wildman–Crippen MR) is 53.7 cm³/mol. The Morgan fingerprint density at radius 3 is 3.08 bits per heavy atom.